The lowest BCUT2D eigenvalue weighted by molar-refractivity contribution is 0.375. The second-order valence-electron chi connectivity index (χ2n) is 7.75. The zero-order valence-corrected chi connectivity index (χ0v) is 17.8. The number of rotatable bonds is 9. The van der Waals surface area contributed by atoms with Crippen LogP contribution in [0.3, 0.4) is 0 Å². The molecular formula is C22H31N7O. The average Bonchev–Trinajstić information content (AvgIpc) is 3.08. The first-order valence-electron chi connectivity index (χ1n) is 10.4. The number of nitrogens with zero attached hydrogens (tertiary/aromatic N) is 2. The van der Waals surface area contributed by atoms with E-state index in [0.29, 0.717) is 18.1 Å². The molecule has 3 aromatic rings. The van der Waals surface area contributed by atoms with E-state index in [4.69, 9.17) is 11.1 Å². The number of aryl methyl sites for hydroxylation is 1. The van der Waals surface area contributed by atoms with Gasteiger partial charge in [-0.05, 0) is 49.6 Å². The molecule has 0 saturated carbocycles. The molecule has 2 atom stereocenters. The Bertz CT molecular complexity index is 1050. The van der Waals surface area contributed by atoms with Crippen molar-refractivity contribution >= 4 is 17.0 Å². The number of H-pyrrole nitrogens is 1. The Morgan fingerprint density at radius 1 is 1.30 bits per heavy atom. The maximum absolute atomic E-state index is 12.5. The van der Waals surface area contributed by atoms with E-state index < -0.39 is 0 Å². The molecule has 6 N–H and O–H groups in total. The molecule has 0 amide bonds. The fraction of sp³-hybridized carbons (Fsp3) is 0.409. The Labute approximate surface area is 176 Å². The topological polar surface area (TPSA) is 125 Å². The second kappa shape index (κ2) is 9.58. The van der Waals surface area contributed by atoms with Crippen LogP contribution < -0.4 is 22.1 Å². The molecule has 8 nitrogen and oxygen atoms in total. The van der Waals surface area contributed by atoms with Crippen LogP contribution in [0.5, 0.6) is 0 Å². The average molecular weight is 410 g/mol. The number of benzene rings is 1. The summed E-state index contributed by atoms with van der Waals surface area (Å²) in [7, 11) is 0. The predicted octanol–water partition coefficient (Wildman–Crippen LogP) is 2.57. The minimum absolute atomic E-state index is 0.00165. The van der Waals surface area contributed by atoms with Crippen molar-refractivity contribution in [2.75, 3.05) is 13.1 Å². The van der Waals surface area contributed by atoms with Crippen LogP contribution in [0, 0.1) is 18.3 Å². The zero-order chi connectivity index (χ0) is 21.7. The highest BCUT2D eigenvalue weighted by Gasteiger charge is 2.17. The van der Waals surface area contributed by atoms with E-state index in [-0.39, 0.29) is 17.7 Å². The van der Waals surface area contributed by atoms with Crippen molar-refractivity contribution in [3.8, 4) is 5.69 Å². The van der Waals surface area contributed by atoms with E-state index in [1.807, 2.05) is 31.3 Å². The molecule has 0 fully saturated rings. The highest BCUT2D eigenvalue weighted by atomic mass is 16.1. The van der Waals surface area contributed by atoms with Gasteiger partial charge in [0.05, 0.1) is 5.69 Å². The molecule has 30 heavy (non-hydrogen) atoms. The third-order valence-electron chi connectivity index (χ3n) is 5.42. The van der Waals surface area contributed by atoms with E-state index in [0.717, 1.165) is 36.2 Å². The van der Waals surface area contributed by atoms with Gasteiger partial charge in [0.2, 0.25) is 0 Å². The van der Waals surface area contributed by atoms with Crippen LogP contribution in [-0.2, 0) is 0 Å². The summed E-state index contributed by atoms with van der Waals surface area (Å²) in [5.41, 5.74) is 8.60. The molecule has 1 unspecified atom stereocenters. The van der Waals surface area contributed by atoms with Crippen molar-refractivity contribution < 1.29 is 0 Å². The van der Waals surface area contributed by atoms with Gasteiger partial charge in [-0.2, -0.15) is 4.98 Å². The van der Waals surface area contributed by atoms with Crippen molar-refractivity contribution in [3.63, 3.8) is 0 Å². The molecule has 3 rings (SSSR count). The van der Waals surface area contributed by atoms with Crippen molar-refractivity contribution in [3.05, 3.63) is 58.3 Å². The van der Waals surface area contributed by atoms with Crippen LogP contribution in [-0.4, -0.2) is 33.6 Å². The minimum Gasteiger partial charge on any atom is -0.370 e. The van der Waals surface area contributed by atoms with E-state index in [1.165, 1.54) is 5.56 Å². The molecule has 0 aliphatic rings. The molecule has 8 heteroatoms. The summed E-state index contributed by atoms with van der Waals surface area (Å²) in [6.45, 7) is 7.86. The molecule has 0 aliphatic heterocycles. The first kappa shape index (κ1) is 21.6. The Hall–Kier alpha value is -3.13. The molecule has 0 radical (unpaired) electrons. The fourth-order valence-corrected chi connectivity index (χ4v) is 3.61. The molecule has 1 aromatic carbocycles. The second-order valence-corrected chi connectivity index (χ2v) is 7.75. The lowest BCUT2D eigenvalue weighted by atomic mass is 9.92. The number of hydrogen-bond acceptors (Lipinski definition) is 4. The van der Waals surface area contributed by atoms with Crippen molar-refractivity contribution in [2.45, 2.75) is 39.7 Å². The van der Waals surface area contributed by atoms with Crippen molar-refractivity contribution in [2.24, 2.45) is 11.7 Å². The molecular weight excluding hydrogens is 378 g/mol. The van der Waals surface area contributed by atoms with Gasteiger partial charge in [-0.25, -0.2) is 4.79 Å². The molecule has 2 aromatic heterocycles. The van der Waals surface area contributed by atoms with Gasteiger partial charge >= 0.3 is 5.69 Å². The number of nitrogens with two attached hydrogens (primary N) is 1. The summed E-state index contributed by atoms with van der Waals surface area (Å²) >= 11 is 0. The lowest BCUT2D eigenvalue weighted by Gasteiger charge is -2.25. The Balaban J connectivity index is 1.77. The van der Waals surface area contributed by atoms with Crippen LogP contribution in [0.2, 0.25) is 0 Å². The lowest BCUT2D eigenvalue weighted by Crippen LogP contribution is -2.34. The summed E-state index contributed by atoms with van der Waals surface area (Å²) in [5.74, 6) is 0.460. The third-order valence-corrected chi connectivity index (χ3v) is 5.42. The van der Waals surface area contributed by atoms with Gasteiger partial charge in [0, 0.05) is 29.9 Å². The standard InChI is InChI=1S/C22H31N7O/c1-4-14(2)19(25-10-5-11-26-21(23)24)16-6-8-18(9-7-16)29-13-17-12-15(3)27-20(17)28-22(29)30/h6-9,12-14,19,25H,4-5,10-11H2,1-3H3,(H4,23,24,26)(H,27,28,30)/t14?,19-/m0/s1. The largest absolute Gasteiger partial charge is 0.370 e. The maximum atomic E-state index is 12.5. The normalized spacial score (nSPS) is 13.3. The third kappa shape index (κ3) is 5.07. The Morgan fingerprint density at radius 2 is 2.03 bits per heavy atom. The number of aromatic amines is 1. The Kier molecular flexibility index (Phi) is 6.89. The number of fused-ring (bicyclic) bond motifs is 1. The molecule has 0 bridgehead atoms. The van der Waals surface area contributed by atoms with Gasteiger partial charge in [0.15, 0.2) is 5.96 Å². The summed E-state index contributed by atoms with van der Waals surface area (Å²) in [5, 5.41) is 14.6. The predicted molar refractivity (Wildman–Crippen MR) is 121 cm³/mol. The molecule has 160 valence electrons. The summed E-state index contributed by atoms with van der Waals surface area (Å²) in [6, 6.07) is 10.3. The van der Waals surface area contributed by atoms with Crippen LogP contribution in [0.25, 0.3) is 16.7 Å². The fourth-order valence-electron chi connectivity index (χ4n) is 3.61. The minimum atomic E-state index is -0.299. The molecule has 0 saturated heterocycles. The van der Waals surface area contributed by atoms with Crippen molar-refractivity contribution in [1.29, 1.82) is 5.41 Å². The first-order valence-corrected chi connectivity index (χ1v) is 10.4. The highest BCUT2D eigenvalue weighted by Crippen LogP contribution is 2.25. The zero-order valence-electron chi connectivity index (χ0n) is 17.8. The van der Waals surface area contributed by atoms with Crippen LogP contribution in [0.1, 0.15) is 44.0 Å². The number of guanidine groups is 1. The van der Waals surface area contributed by atoms with Crippen molar-refractivity contribution in [1.82, 2.24) is 25.2 Å². The summed E-state index contributed by atoms with van der Waals surface area (Å²) in [6.07, 6.45) is 3.76. The Morgan fingerprint density at radius 3 is 2.70 bits per heavy atom. The monoisotopic (exact) mass is 409 g/mol. The number of aromatic nitrogens is 3. The van der Waals surface area contributed by atoms with Gasteiger partial charge in [-0.1, -0.05) is 32.4 Å². The molecule has 0 spiro atoms. The summed E-state index contributed by atoms with van der Waals surface area (Å²) in [4.78, 5) is 19.7. The van der Waals surface area contributed by atoms with Gasteiger partial charge in [-0.3, -0.25) is 9.98 Å². The maximum Gasteiger partial charge on any atom is 0.354 e. The van der Waals surface area contributed by atoms with E-state index in [9.17, 15) is 4.79 Å². The van der Waals surface area contributed by atoms with Crippen LogP contribution >= 0.6 is 0 Å². The van der Waals surface area contributed by atoms with Gasteiger partial charge in [0.25, 0.3) is 0 Å². The SMILES string of the molecule is CCC(C)[C@H](NCCCNC(=N)N)c1ccc(-n2cc3cc(C)[nH]c3nc2=O)cc1. The quantitative estimate of drug-likeness (QED) is 0.211. The number of nitrogens with one attached hydrogen (secondary N) is 4. The smallest absolute Gasteiger partial charge is 0.354 e. The van der Waals surface area contributed by atoms with Gasteiger partial charge < -0.3 is 21.4 Å². The van der Waals surface area contributed by atoms with E-state index in [2.05, 4.69) is 46.6 Å². The number of hydrogen-bond donors (Lipinski definition) is 5. The van der Waals surface area contributed by atoms with E-state index in [1.54, 1.807) is 4.57 Å². The summed E-state index contributed by atoms with van der Waals surface area (Å²) < 4.78 is 1.58. The van der Waals surface area contributed by atoms with Crippen LogP contribution in [0.15, 0.2) is 41.3 Å². The highest BCUT2D eigenvalue weighted by molar-refractivity contribution is 5.75. The molecule has 2 heterocycles. The van der Waals surface area contributed by atoms with Crippen LogP contribution in [0.4, 0.5) is 0 Å². The van der Waals surface area contributed by atoms with E-state index >= 15 is 0 Å². The van der Waals surface area contributed by atoms with Gasteiger partial charge in [0.1, 0.15) is 5.65 Å². The first-order chi connectivity index (χ1) is 14.4. The molecule has 0 aliphatic carbocycles. The van der Waals surface area contributed by atoms with Gasteiger partial charge in [-0.15, -0.1) is 0 Å².